The topological polar surface area (TPSA) is 51.8 Å². The van der Waals surface area contributed by atoms with Crippen LogP contribution in [0.25, 0.3) is 106 Å². The maximum absolute atomic E-state index is 6.42. The quantitative estimate of drug-likeness (QED) is 0.179. The normalized spacial score (nSPS) is 12.5. The molecule has 0 bridgehead atoms. The molecule has 8 aromatic carbocycles. The molecule has 2 heterocycles. The van der Waals surface area contributed by atoms with Crippen LogP contribution in [0.3, 0.4) is 0 Å². The van der Waals surface area contributed by atoms with Crippen molar-refractivity contribution in [3.63, 3.8) is 0 Å². The second-order valence-corrected chi connectivity index (χ2v) is 14.3. The zero-order chi connectivity index (χ0) is 36.3. The first-order valence-electron chi connectivity index (χ1n) is 18.8. The van der Waals surface area contributed by atoms with Crippen LogP contribution >= 0.6 is 0 Å². The van der Waals surface area contributed by atoms with E-state index >= 15 is 0 Å². The zero-order valence-corrected chi connectivity index (χ0v) is 29.9. The fraction of sp³-hybridized carbons (Fsp3) is 0.0392. The molecule has 0 saturated heterocycles. The Morgan fingerprint density at radius 3 is 2.02 bits per heavy atom. The second-order valence-electron chi connectivity index (χ2n) is 14.3. The molecule has 4 nitrogen and oxygen atoms in total. The maximum atomic E-state index is 6.42. The number of benzene rings is 8. The van der Waals surface area contributed by atoms with Gasteiger partial charge in [-0.1, -0.05) is 140 Å². The highest BCUT2D eigenvalue weighted by atomic mass is 16.3. The molecule has 0 atom stereocenters. The molecule has 0 saturated carbocycles. The summed E-state index contributed by atoms with van der Waals surface area (Å²) in [4.78, 5) is 15.7. The summed E-state index contributed by atoms with van der Waals surface area (Å²) in [5, 5.41) is 6.99. The van der Waals surface area contributed by atoms with Crippen molar-refractivity contribution in [3.8, 4) is 56.4 Å². The highest BCUT2D eigenvalue weighted by molar-refractivity contribution is 6.13. The summed E-state index contributed by atoms with van der Waals surface area (Å²) in [6, 6.07) is 57.6. The number of fused-ring (bicyclic) bond motifs is 7. The van der Waals surface area contributed by atoms with Crippen molar-refractivity contribution in [1.29, 1.82) is 0 Å². The number of hydrogen-bond acceptors (Lipinski definition) is 4. The Labute approximate surface area is 318 Å². The van der Waals surface area contributed by atoms with Crippen molar-refractivity contribution in [2.24, 2.45) is 0 Å². The van der Waals surface area contributed by atoms with E-state index in [0.29, 0.717) is 17.5 Å². The van der Waals surface area contributed by atoms with Gasteiger partial charge < -0.3 is 4.42 Å². The Hall–Kier alpha value is -7.17. The minimum atomic E-state index is 0.632. The predicted molar refractivity (Wildman–Crippen MR) is 227 cm³/mol. The molecule has 0 radical (unpaired) electrons. The van der Waals surface area contributed by atoms with E-state index in [4.69, 9.17) is 19.4 Å². The molecule has 55 heavy (non-hydrogen) atoms. The largest absolute Gasteiger partial charge is 0.456 e. The minimum absolute atomic E-state index is 0.632. The van der Waals surface area contributed by atoms with Crippen LogP contribution in [0.15, 0.2) is 174 Å². The SMILES string of the molecule is C1=Cc2c(-c3nc(-c4cccc(-c5cccc6oc7ccc(-c8ccccc8)cc7c56)c4)nc(-c4ccc5ccccc5c4)n3)cc3ccccc3c2CC1. The summed E-state index contributed by atoms with van der Waals surface area (Å²) in [5.74, 6) is 1.95. The lowest BCUT2D eigenvalue weighted by Crippen LogP contribution is -2.04. The van der Waals surface area contributed by atoms with Crippen LogP contribution in [0.5, 0.6) is 0 Å². The highest BCUT2D eigenvalue weighted by Gasteiger charge is 2.20. The van der Waals surface area contributed by atoms with Crippen LogP contribution < -0.4 is 0 Å². The first-order chi connectivity index (χ1) is 27.2. The lowest BCUT2D eigenvalue weighted by Gasteiger charge is -2.18. The fourth-order valence-electron chi connectivity index (χ4n) is 8.30. The monoisotopic (exact) mass is 703 g/mol. The van der Waals surface area contributed by atoms with Gasteiger partial charge in [0.2, 0.25) is 0 Å². The van der Waals surface area contributed by atoms with Gasteiger partial charge in [-0.3, -0.25) is 0 Å². The Morgan fingerprint density at radius 2 is 1.13 bits per heavy atom. The molecule has 0 amide bonds. The molecule has 11 rings (SSSR count). The predicted octanol–water partition coefficient (Wildman–Crippen LogP) is 13.4. The van der Waals surface area contributed by atoms with Crippen molar-refractivity contribution in [1.82, 2.24) is 15.0 Å². The van der Waals surface area contributed by atoms with Gasteiger partial charge in [0, 0.05) is 27.5 Å². The molecule has 2 aromatic heterocycles. The summed E-state index contributed by atoms with van der Waals surface area (Å²) in [7, 11) is 0. The number of aromatic nitrogens is 3. The van der Waals surface area contributed by atoms with Gasteiger partial charge in [0.05, 0.1) is 0 Å². The molecular weight excluding hydrogens is 671 g/mol. The van der Waals surface area contributed by atoms with Gasteiger partial charge in [-0.25, -0.2) is 15.0 Å². The van der Waals surface area contributed by atoms with Gasteiger partial charge in [0.25, 0.3) is 0 Å². The van der Waals surface area contributed by atoms with Gasteiger partial charge in [-0.2, -0.15) is 0 Å². The standard InChI is InChI=1S/C51H33N3O/c1-2-12-32(13-3-1)35-26-27-46-45(30-35)48-41(22-11-23-47(48)55-46)36-17-10-18-38(29-36)49-52-50(39-25-24-33-14-4-5-15-34(33)28-39)54-51(53-49)44-31-37-16-6-7-19-40(37)42-20-8-9-21-43(42)44/h1-7,9-19,21-31H,8,20H2. The zero-order valence-electron chi connectivity index (χ0n) is 29.9. The number of nitrogens with zero attached hydrogens (tertiary/aromatic N) is 3. The van der Waals surface area contributed by atoms with Gasteiger partial charge in [-0.15, -0.1) is 0 Å². The molecule has 4 heteroatoms. The van der Waals surface area contributed by atoms with E-state index in [0.717, 1.165) is 73.5 Å². The van der Waals surface area contributed by atoms with Crippen LogP contribution in [0.4, 0.5) is 0 Å². The third kappa shape index (κ3) is 5.42. The molecule has 0 unspecified atom stereocenters. The van der Waals surface area contributed by atoms with E-state index in [9.17, 15) is 0 Å². The first-order valence-corrected chi connectivity index (χ1v) is 18.8. The number of aryl methyl sites for hydroxylation is 1. The molecule has 0 aliphatic heterocycles. The molecular formula is C51H33N3O. The molecule has 0 fully saturated rings. The lowest BCUT2D eigenvalue weighted by atomic mass is 9.88. The molecule has 0 N–H and O–H groups in total. The summed E-state index contributed by atoms with van der Waals surface area (Å²) >= 11 is 0. The van der Waals surface area contributed by atoms with Crippen molar-refractivity contribution in [2.45, 2.75) is 12.8 Å². The fourth-order valence-corrected chi connectivity index (χ4v) is 8.30. The summed E-state index contributed by atoms with van der Waals surface area (Å²) < 4.78 is 6.42. The van der Waals surface area contributed by atoms with Crippen LogP contribution in [0.2, 0.25) is 0 Å². The van der Waals surface area contributed by atoms with Crippen molar-refractivity contribution in [3.05, 3.63) is 181 Å². The van der Waals surface area contributed by atoms with Crippen molar-refractivity contribution in [2.75, 3.05) is 0 Å². The maximum Gasteiger partial charge on any atom is 0.164 e. The Balaban J connectivity index is 1.11. The van der Waals surface area contributed by atoms with Crippen molar-refractivity contribution < 1.29 is 4.42 Å². The Bertz CT molecular complexity index is 3160. The Kier molecular flexibility index (Phi) is 7.27. The number of furan rings is 1. The Morgan fingerprint density at radius 1 is 0.418 bits per heavy atom. The average molecular weight is 704 g/mol. The summed E-state index contributed by atoms with van der Waals surface area (Å²) in [5.41, 5.74) is 11.7. The molecule has 1 aliphatic carbocycles. The van der Waals surface area contributed by atoms with Crippen LogP contribution in [-0.4, -0.2) is 15.0 Å². The van der Waals surface area contributed by atoms with Crippen LogP contribution in [0, 0.1) is 0 Å². The van der Waals surface area contributed by atoms with Gasteiger partial charge in [0.1, 0.15) is 11.2 Å². The van der Waals surface area contributed by atoms with Gasteiger partial charge in [0.15, 0.2) is 17.5 Å². The molecule has 258 valence electrons. The molecule has 10 aromatic rings. The third-order valence-corrected chi connectivity index (χ3v) is 11.0. The van der Waals surface area contributed by atoms with Crippen LogP contribution in [-0.2, 0) is 6.42 Å². The molecule has 0 spiro atoms. The molecule has 1 aliphatic rings. The first kappa shape index (κ1) is 31.4. The lowest BCUT2D eigenvalue weighted by molar-refractivity contribution is 0.669. The smallest absolute Gasteiger partial charge is 0.164 e. The minimum Gasteiger partial charge on any atom is -0.456 e. The van der Waals surface area contributed by atoms with E-state index in [1.807, 2.05) is 6.07 Å². The van der Waals surface area contributed by atoms with Gasteiger partial charge in [-0.05, 0) is 104 Å². The van der Waals surface area contributed by atoms with E-state index in [2.05, 4.69) is 170 Å². The number of rotatable bonds is 5. The third-order valence-electron chi connectivity index (χ3n) is 11.0. The van der Waals surface area contributed by atoms with E-state index in [-0.39, 0.29) is 0 Å². The van der Waals surface area contributed by atoms with E-state index < -0.39 is 0 Å². The average Bonchev–Trinajstić information content (AvgIpc) is 3.64. The van der Waals surface area contributed by atoms with Crippen molar-refractivity contribution >= 4 is 49.6 Å². The summed E-state index contributed by atoms with van der Waals surface area (Å²) in [6.07, 6.45) is 6.52. The number of allylic oxidation sites excluding steroid dienone is 1. The van der Waals surface area contributed by atoms with E-state index in [1.54, 1.807) is 0 Å². The highest BCUT2D eigenvalue weighted by Crippen LogP contribution is 2.40. The number of hydrogen-bond donors (Lipinski definition) is 0. The second kappa shape index (κ2) is 12.8. The van der Waals surface area contributed by atoms with Crippen LogP contribution in [0.1, 0.15) is 17.5 Å². The van der Waals surface area contributed by atoms with E-state index in [1.165, 1.54) is 32.8 Å². The summed E-state index contributed by atoms with van der Waals surface area (Å²) in [6.45, 7) is 0. The van der Waals surface area contributed by atoms with Gasteiger partial charge >= 0.3 is 0 Å².